The summed E-state index contributed by atoms with van der Waals surface area (Å²) < 4.78 is 11.5. The third kappa shape index (κ3) is 4.29. The van der Waals surface area contributed by atoms with E-state index in [9.17, 15) is 9.59 Å². The van der Waals surface area contributed by atoms with Gasteiger partial charge in [-0.05, 0) is 36.2 Å². The number of carbonyl (C=O) groups is 2. The van der Waals surface area contributed by atoms with Crippen molar-refractivity contribution in [2.45, 2.75) is 19.8 Å². The van der Waals surface area contributed by atoms with Crippen LogP contribution in [0.2, 0.25) is 0 Å². The fourth-order valence-electron chi connectivity index (χ4n) is 2.76. The van der Waals surface area contributed by atoms with Crippen molar-refractivity contribution in [3.63, 3.8) is 0 Å². The van der Waals surface area contributed by atoms with Gasteiger partial charge in [-0.15, -0.1) is 11.3 Å². The summed E-state index contributed by atoms with van der Waals surface area (Å²) in [5.41, 5.74) is 2.13. The summed E-state index contributed by atoms with van der Waals surface area (Å²) in [5, 5.41) is 7.51. The second kappa shape index (κ2) is 8.44. The maximum Gasteiger partial charge on any atom is 0.357 e. The molecule has 1 amide bonds. The van der Waals surface area contributed by atoms with Gasteiger partial charge in [0.15, 0.2) is 10.8 Å². The van der Waals surface area contributed by atoms with Gasteiger partial charge in [-0.25, -0.2) is 9.78 Å². The first-order chi connectivity index (χ1) is 13.8. The largest absolute Gasteiger partial charge is 0.497 e. The Morgan fingerprint density at radius 2 is 1.86 bits per heavy atom. The Bertz CT molecular complexity index is 1040. The number of hydrogen-bond acceptors (Lipinski definition) is 7. The molecule has 0 bridgehead atoms. The average Bonchev–Trinajstić information content (AvgIpc) is 3.31. The molecule has 0 atom stereocenters. The lowest BCUT2D eigenvalue weighted by molar-refractivity contribution is 0.0593. The van der Waals surface area contributed by atoms with Crippen LogP contribution in [0, 0.1) is 0 Å². The van der Waals surface area contributed by atoms with Crippen molar-refractivity contribution in [3.05, 3.63) is 46.6 Å². The maximum absolute atomic E-state index is 12.8. The topological polar surface area (TPSA) is 95.3 Å². The molecule has 8 nitrogen and oxygen atoms in total. The van der Waals surface area contributed by atoms with Crippen LogP contribution in [0.4, 0.5) is 5.13 Å². The summed E-state index contributed by atoms with van der Waals surface area (Å²) in [4.78, 5) is 29.7. The van der Waals surface area contributed by atoms with Crippen molar-refractivity contribution in [3.8, 4) is 17.0 Å². The number of ether oxygens (including phenoxy) is 2. The minimum atomic E-state index is -0.521. The number of aromatic nitrogens is 3. The van der Waals surface area contributed by atoms with Gasteiger partial charge in [0.25, 0.3) is 5.91 Å². The van der Waals surface area contributed by atoms with Crippen molar-refractivity contribution < 1.29 is 19.1 Å². The van der Waals surface area contributed by atoms with Crippen LogP contribution in [-0.4, -0.2) is 40.9 Å². The highest BCUT2D eigenvalue weighted by Crippen LogP contribution is 2.31. The van der Waals surface area contributed by atoms with Crippen LogP contribution in [-0.2, 0) is 11.8 Å². The van der Waals surface area contributed by atoms with Crippen molar-refractivity contribution in [1.29, 1.82) is 0 Å². The first-order valence-electron chi connectivity index (χ1n) is 8.92. The minimum absolute atomic E-state index is 0.0747. The van der Waals surface area contributed by atoms with Gasteiger partial charge in [-0.1, -0.05) is 13.8 Å². The van der Waals surface area contributed by atoms with Gasteiger partial charge in [0.05, 0.1) is 19.9 Å². The van der Waals surface area contributed by atoms with Crippen molar-refractivity contribution >= 4 is 28.3 Å². The number of methoxy groups -OCH3 is 2. The van der Waals surface area contributed by atoms with Gasteiger partial charge >= 0.3 is 5.97 Å². The first kappa shape index (κ1) is 20.5. The number of nitrogens with zero attached hydrogens (tertiary/aromatic N) is 3. The molecule has 0 unspecified atom stereocenters. The third-order valence-corrected chi connectivity index (χ3v) is 5.55. The second-order valence-electron chi connectivity index (χ2n) is 6.60. The zero-order valence-electron chi connectivity index (χ0n) is 16.8. The molecule has 9 heteroatoms. The molecule has 2 heterocycles. The molecular weight excluding hydrogens is 392 g/mol. The molecule has 0 fully saturated rings. The summed E-state index contributed by atoms with van der Waals surface area (Å²) in [6.07, 6.45) is 0. The first-order valence-corrected chi connectivity index (χ1v) is 9.74. The van der Waals surface area contributed by atoms with Crippen molar-refractivity contribution in [2.24, 2.45) is 7.05 Å². The van der Waals surface area contributed by atoms with E-state index in [1.807, 2.05) is 38.1 Å². The van der Waals surface area contributed by atoms with Crippen LogP contribution < -0.4 is 10.1 Å². The van der Waals surface area contributed by atoms with E-state index in [4.69, 9.17) is 9.47 Å². The number of thiazole rings is 1. The molecular formula is C20H22N4O4S. The molecule has 1 aromatic carbocycles. The number of carbonyl (C=O) groups excluding carboxylic acids is 2. The van der Waals surface area contributed by atoms with Crippen LogP contribution in [0.5, 0.6) is 5.75 Å². The van der Waals surface area contributed by atoms with Crippen LogP contribution in [0.15, 0.2) is 30.3 Å². The Morgan fingerprint density at radius 1 is 1.17 bits per heavy atom. The molecule has 0 radical (unpaired) electrons. The molecule has 152 valence electrons. The van der Waals surface area contributed by atoms with E-state index >= 15 is 0 Å². The zero-order chi connectivity index (χ0) is 21.1. The van der Waals surface area contributed by atoms with E-state index in [1.165, 1.54) is 23.1 Å². The molecule has 0 aliphatic rings. The molecule has 2 aromatic heterocycles. The monoisotopic (exact) mass is 414 g/mol. The Morgan fingerprint density at radius 3 is 2.45 bits per heavy atom. The smallest absolute Gasteiger partial charge is 0.357 e. The number of benzene rings is 1. The van der Waals surface area contributed by atoms with Crippen LogP contribution in [0.25, 0.3) is 11.3 Å². The Labute approximate surface area is 172 Å². The van der Waals surface area contributed by atoms with E-state index < -0.39 is 5.97 Å². The number of amides is 1. The molecule has 0 saturated carbocycles. The summed E-state index contributed by atoms with van der Waals surface area (Å²) in [6.45, 7) is 3.90. The van der Waals surface area contributed by atoms with Crippen molar-refractivity contribution in [1.82, 2.24) is 14.8 Å². The number of anilines is 1. The SMILES string of the molecule is COC(=O)c1nc(NC(=O)c2cc(-c3ccc(OC)cc3)nn2C)sc1C(C)C. The second-order valence-corrected chi connectivity index (χ2v) is 7.63. The molecule has 0 saturated heterocycles. The van der Waals surface area contributed by atoms with E-state index in [0.717, 1.165) is 16.2 Å². The average molecular weight is 414 g/mol. The summed E-state index contributed by atoms with van der Waals surface area (Å²) >= 11 is 1.26. The quantitative estimate of drug-likeness (QED) is 0.618. The predicted octanol–water partition coefficient (Wildman–Crippen LogP) is 3.71. The van der Waals surface area contributed by atoms with E-state index in [0.29, 0.717) is 16.5 Å². The highest BCUT2D eigenvalue weighted by atomic mass is 32.1. The fourth-order valence-corrected chi connectivity index (χ4v) is 3.71. The molecule has 0 aliphatic carbocycles. The Hall–Kier alpha value is -3.20. The minimum Gasteiger partial charge on any atom is -0.497 e. The van der Waals surface area contributed by atoms with E-state index in [1.54, 1.807) is 20.2 Å². The van der Waals surface area contributed by atoms with E-state index in [2.05, 4.69) is 15.4 Å². The highest BCUT2D eigenvalue weighted by Gasteiger charge is 2.23. The van der Waals surface area contributed by atoms with Crippen LogP contribution in [0.3, 0.4) is 0 Å². The number of nitrogens with one attached hydrogen (secondary N) is 1. The summed E-state index contributed by atoms with van der Waals surface area (Å²) in [6, 6.07) is 9.13. The van der Waals surface area contributed by atoms with Crippen LogP contribution in [0.1, 0.15) is 45.6 Å². The molecule has 3 rings (SSSR count). The van der Waals surface area contributed by atoms with Gasteiger partial charge in [-0.3, -0.25) is 14.8 Å². The molecule has 3 aromatic rings. The van der Waals surface area contributed by atoms with Crippen LogP contribution >= 0.6 is 11.3 Å². The maximum atomic E-state index is 12.8. The number of hydrogen-bond donors (Lipinski definition) is 1. The fraction of sp³-hybridized carbons (Fsp3) is 0.300. The van der Waals surface area contributed by atoms with Gasteiger partial charge in [0.1, 0.15) is 11.4 Å². The van der Waals surface area contributed by atoms with Gasteiger partial charge in [-0.2, -0.15) is 5.10 Å². The van der Waals surface area contributed by atoms with Crippen molar-refractivity contribution in [2.75, 3.05) is 19.5 Å². The number of rotatable bonds is 6. The highest BCUT2D eigenvalue weighted by molar-refractivity contribution is 7.16. The lowest BCUT2D eigenvalue weighted by Gasteiger charge is -2.02. The normalized spacial score (nSPS) is 10.8. The van der Waals surface area contributed by atoms with E-state index in [-0.39, 0.29) is 17.5 Å². The Balaban J connectivity index is 1.84. The van der Waals surface area contributed by atoms with Gasteiger partial charge in [0, 0.05) is 17.5 Å². The number of aryl methyl sites for hydroxylation is 1. The number of esters is 1. The lowest BCUT2D eigenvalue weighted by atomic mass is 10.1. The molecule has 0 spiro atoms. The third-order valence-electron chi connectivity index (χ3n) is 4.28. The predicted molar refractivity (Wildman–Crippen MR) is 111 cm³/mol. The Kier molecular flexibility index (Phi) is 5.97. The molecule has 29 heavy (non-hydrogen) atoms. The molecule has 1 N–H and O–H groups in total. The summed E-state index contributed by atoms with van der Waals surface area (Å²) in [7, 11) is 4.61. The zero-order valence-corrected chi connectivity index (χ0v) is 17.7. The standard InChI is InChI=1S/C20H22N4O4S/c1-11(2)17-16(19(26)28-5)21-20(29-17)22-18(25)15-10-14(23-24(15)3)12-6-8-13(27-4)9-7-12/h6-11H,1-5H3,(H,21,22,25). The molecule has 0 aliphatic heterocycles. The lowest BCUT2D eigenvalue weighted by Crippen LogP contribution is -2.16. The van der Waals surface area contributed by atoms with Gasteiger partial charge in [0.2, 0.25) is 0 Å². The summed E-state index contributed by atoms with van der Waals surface area (Å²) in [5.74, 6) is -0.0626. The van der Waals surface area contributed by atoms with Gasteiger partial charge < -0.3 is 9.47 Å².